The number of esters is 1. The summed E-state index contributed by atoms with van der Waals surface area (Å²) in [6, 6.07) is 3.51. The van der Waals surface area contributed by atoms with Crippen molar-refractivity contribution in [3.8, 4) is 0 Å². The smallest absolute Gasteiger partial charge is 0.312 e. The van der Waals surface area contributed by atoms with Gasteiger partial charge in [-0.2, -0.15) is 0 Å². The fourth-order valence-electron chi connectivity index (χ4n) is 2.22. The van der Waals surface area contributed by atoms with E-state index in [0.717, 1.165) is 0 Å². The molecule has 0 fully saturated rings. The van der Waals surface area contributed by atoms with Crippen molar-refractivity contribution >= 4 is 5.97 Å². The Hall–Kier alpha value is -1.42. The van der Waals surface area contributed by atoms with Gasteiger partial charge in [-0.15, -0.1) is 0 Å². The minimum atomic E-state index is -1.28. The Kier molecular flexibility index (Phi) is 4.84. The van der Waals surface area contributed by atoms with E-state index in [-0.39, 0.29) is 11.9 Å². The van der Waals surface area contributed by atoms with Crippen molar-refractivity contribution in [3.05, 3.63) is 30.1 Å². The van der Waals surface area contributed by atoms with Gasteiger partial charge in [0.1, 0.15) is 5.60 Å². The zero-order valence-electron chi connectivity index (χ0n) is 11.4. The molecule has 1 aromatic heterocycles. The van der Waals surface area contributed by atoms with Crippen LogP contribution in [0, 0.1) is 11.8 Å². The van der Waals surface area contributed by atoms with Gasteiger partial charge < -0.3 is 9.84 Å². The number of pyridine rings is 1. The quantitative estimate of drug-likeness (QED) is 0.814. The van der Waals surface area contributed by atoms with Crippen LogP contribution in [0.4, 0.5) is 0 Å². The van der Waals surface area contributed by atoms with Gasteiger partial charge in [0.05, 0.1) is 12.5 Å². The average molecular weight is 251 g/mol. The number of hydrogen-bond acceptors (Lipinski definition) is 4. The van der Waals surface area contributed by atoms with Crippen LogP contribution in [0.1, 0.15) is 33.3 Å². The second-order valence-electron chi connectivity index (χ2n) is 4.86. The summed E-state index contributed by atoms with van der Waals surface area (Å²) in [6.45, 7) is 7.49. The molecular formula is C14H21NO3. The molecule has 2 atom stereocenters. The third kappa shape index (κ3) is 3.07. The first-order chi connectivity index (χ1) is 8.41. The van der Waals surface area contributed by atoms with E-state index in [0.29, 0.717) is 12.2 Å². The van der Waals surface area contributed by atoms with Crippen LogP contribution in [-0.4, -0.2) is 22.7 Å². The second kappa shape index (κ2) is 5.96. The summed E-state index contributed by atoms with van der Waals surface area (Å²) in [5, 5.41) is 10.7. The average Bonchev–Trinajstić information content (AvgIpc) is 2.29. The number of nitrogens with zero attached hydrogens (tertiary/aromatic N) is 1. The summed E-state index contributed by atoms with van der Waals surface area (Å²) in [5.41, 5.74) is -0.661. The van der Waals surface area contributed by atoms with E-state index in [9.17, 15) is 9.90 Å². The van der Waals surface area contributed by atoms with E-state index >= 15 is 0 Å². The topological polar surface area (TPSA) is 59.4 Å². The van der Waals surface area contributed by atoms with Gasteiger partial charge in [0.2, 0.25) is 0 Å². The minimum absolute atomic E-state index is 0.0285. The Morgan fingerprint density at radius 3 is 2.67 bits per heavy atom. The number of aromatic nitrogens is 1. The number of ether oxygens (including phenoxy) is 1. The molecule has 18 heavy (non-hydrogen) atoms. The number of carbonyl (C=O) groups is 1. The van der Waals surface area contributed by atoms with Crippen LogP contribution < -0.4 is 0 Å². The van der Waals surface area contributed by atoms with Crippen molar-refractivity contribution in [1.82, 2.24) is 4.98 Å². The summed E-state index contributed by atoms with van der Waals surface area (Å²) in [7, 11) is 0. The summed E-state index contributed by atoms with van der Waals surface area (Å²) in [5.74, 6) is -1.01. The van der Waals surface area contributed by atoms with Gasteiger partial charge >= 0.3 is 5.97 Å². The Labute approximate surface area is 108 Å². The molecule has 0 radical (unpaired) electrons. The van der Waals surface area contributed by atoms with Crippen molar-refractivity contribution < 1.29 is 14.6 Å². The molecule has 4 heteroatoms. The van der Waals surface area contributed by atoms with Crippen molar-refractivity contribution in [1.29, 1.82) is 0 Å². The van der Waals surface area contributed by atoms with Crippen molar-refractivity contribution in [2.45, 2.75) is 33.3 Å². The lowest BCUT2D eigenvalue weighted by Gasteiger charge is -2.34. The van der Waals surface area contributed by atoms with Gasteiger partial charge in [-0.1, -0.05) is 19.9 Å². The van der Waals surface area contributed by atoms with Gasteiger partial charge in [-0.05, 0) is 25.8 Å². The van der Waals surface area contributed by atoms with Crippen molar-refractivity contribution in [2.75, 3.05) is 6.61 Å². The van der Waals surface area contributed by atoms with Gasteiger partial charge in [0.25, 0.3) is 0 Å². The monoisotopic (exact) mass is 251 g/mol. The summed E-state index contributed by atoms with van der Waals surface area (Å²) < 4.78 is 5.05. The predicted molar refractivity (Wildman–Crippen MR) is 68.8 cm³/mol. The van der Waals surface area contributed by atoms with Crippen LogP contribution in [0.5, 0.6) is 0 Å². The maximum Gasteiger partial charge on any atom is 0.312 e. The zero-order chi connectivity index (χ0) is 13.8. The molecule has 100 valence electrons. The molecule has 0 amide bonds. The van der Waals surface area contributed by atoms with Gasteiger partial charge in [-0.25, -0.2) is 0 Å². The normalized spacial score (nSPS) is 16.1. The van der Waals surface area contributed by atoms with E-state index in [1.807, 2.05) is 13.8 Å². The fourth-order valence-corrected chi connectivity index (χ4v) is 2.22. The third-order valence-corrected chi connectivity index (χ3v) is 3.06. The molecule has 0 aliphatic rings. The van der Waals surface area contributed by atoms with E-state index in [4.69, 9.17) is 4.74 Å². The predicted octanol–water partition coefficient (Wildman–Crippen LogP) is 2.12. The lowest BCUT2D eigenvalue weighted by atomic mass is 9.77. The number of carbonyl (C=O) groups excluding carboxylic acids is 1. The Morgan fingerprint density at radius 1 is 1.56 bits per heavy atom. The Balaban J connectivity index is 3.08. The molecule has 0 spiro atoms. The van der Waals surface area contributed by atoms with E-state index in [1.165, 1.54) is 0 Å². The molecule has 1 aromatic rings. The summed E-state index contributed by atoms with van der Waals surface area (Å²) in [6.07, 6.45) is 3.21. The summed E-state index contributed by atoms with van der Waals surface area (Å²) >= 11 is 0. The highest BCUT2D eigenvalue weighted by Gasteiger charge is 2.42. The van der Waals surface area contributed by atoms with Crippen LogP contribution in [0.15, 0.2) is 24.5 Å². The summed E-state index contributed by atoms with van der Waals surface area (Å²) in [4.78, 5) is 16.0. The first-order valence-electron chi connectivity index (χ1n) is 6.20. The molecule has 0 aliphatic heterocycles. The zero-order valence-corrected chi connectivity index (χ0v) is 11.4. The molecular weight excluding hydrogens is 230 g/mol. The maximum atomic E-state index is 12.0. The van der Waals surface area contributed by atoms with E-state index in [2.05, 4.69) is 4.98 Å². The molecule has 1 rings (SSSR count). The van der Waals surface area contributed by atoms with Crippen LogP contribution >= 0.6 is 0 Å². The Bertz CT molecular complexity index is 387. The minimum Gasteiger partial charge on any atom is -0.466 e. The Morgan fingerprint density at radius 2 is 2.22 bits per heavy atom. The molecule has 0 saturated heterocycles. The fraction of sp³-hybridized carbons (Fsp3) is 0.571. The molecule has 1 heterocycles. The highest BCUT2D eigenvalue weighted by molar-refractivity contribution is 5.74. The molecule has 0 aromatic carbocycles. The van der Waals surface area contributed by atoms with E-state index in [1.54, 1.807) is 38.4 Å². The van der Waals surface area contributed by atoms with Gasteiger partial charge in [-0.3, -0.25) is 9.78 Å². The molecule has 0 aliphatic carbocycles. The molecule has 0 bridgehead atoms. The van der Waals surface area contributed by atoms with Crippen molar-refractivity contribution in [3.63, 3.8) is 0 Å². The van der Waals surface area contributed by atoms with Crippen LogP contribution in [-0.2, 0) is 15.1 Å². The molecule has 4 nitrogen and oxygen atoms in total. The van der Waals surface area contributed by atoms with Crippen LogP contribution in [0.25, 0.3) is 0 Å². The van der Waals surface area contributed by atoms with Crippen LogP contribution in [0.3, 0.4) is 0 Å². The highest BCUT2D eigenvalue weighted by atomic mass is 16.5. The third-order valence-electron chi connectivity index (χ3n) is 3.06. The maximum absolute atomic E-state index is 12.0. The van der Waals surface area contributed by atoms with Crippen LogP contribution in [0.2, 0.25) is 0 Å². The lowest BCUT2D eigenvalue weighted by molar-refractivity contribution is -0.161. The number of rotatable bonds is 5. The number of aliphatic hydroxyl groups is 1. The highest BCUT2D eigenvalue weighted by Crippen LogP contribution is 2.34. The molecule has 2 unspecified atom stereocenters. The first kappa shape index (κ1) is 14.6. The number of hydrogen-bond donors (Lipinski definition) is 1. The largest absolute Gasteiger partial charge is 0.466 e. The molecule has 0 saturated carbocycles. The second-order valence-corrected chi connectivity index (χ2v) is 4.86. The van der Waals surface area contributed by atoms with Gasteiger partial charge in [0, 0.05) is 18.0 Å². The SMILES string of the molecule is CCOC(=O)C(C(C)C)C(C)(O)c1cccnc1. The standard InChI is InChI=1S/C14H21NO3/c1-5-18-13(16)12(10(2)3)14(4,17)11-7-6-8-15-9-11/h6-10,12,17H,5H2,1-4H3. The van der Waals surface area contributed by atoms with Crippen molar-refractivity contribution in [2.24, 2.45) is 11.8 Å². The lowest BCUT2D eigenvalue weighted by Crippen LogP contribution is -2.41. The van der Waals surface area contributed by atoms with E-state index < -0.39 is 11.5 Å². The first-order valence-corrected chi connectivity index (χ1v) is 6.20. The van der Waals surface area contributed by atoms with Gasteiger partial charge in [0.15, 0.2) is 0 Å². The molecule has 1 N–H and O–H groups in total.